The second-order valence-electron chi connectivity index (χ2n) is 4.82. The number of anilines is 2. The van der Waals surface area contributed by atoms with Gasteiger partial charge in [0.1, 0.15) is 10.8 Å². The summed E-state index contributed by atoms with van der Waals surface area (Å²) in [5.74, 6) is 0.783. The Balaban J connectivity index is 1.44. The first-order valence-electron chi connectivity index (χ1n) is 7.15. The van der Waals surface area contributed by atoms with Crippen LogP contribution in [-0.2, 0) is 0 Å². The summed E-state index contributed by atoms with van der Waals surface area (Å²) in [6.07, 6.45) is 0. The van der Waals surface area contributed by atoms with E-state index in [-0.39, 0.29) is 6.03 Å². The zero-order chi connectivity index (χ0) is 16.1. The van der Waals surface area contributed by atoms with Crippen LogP contribution in [0.4, 0.5) is 15.7 Å². The maximum Gasteiger partial charge on any atom is 0.321 e. The van der Waals surface area contributed by atoms with Gasteiger partial charge in [-0.15, -0.1) is 10.2 Å². The maximum atomic E-state index is 11.7. The van der Waals surface area contributed by atoms with Crippen LogP contribution in [0.5, 0.6) is 0 Å². The van der Waals surface area contributed by atoms with Gasteiger partial charge in [-0.3, -0.25) is 5.32 Å². The number of rotatable bonds is 5. The fourth-order valence-electron chi connectivity index (χ4n) is 2.02. The molecule has 0 atom stereocenters. The second-order valence-corrected chi connectivity index (χ2v) is 6.00. The van der Waals surface area contributed by atoms with Gasteiger partial charge in [-0.1, -0.05) is 29.5 Å². The Bertz CT molecular complexity index is 818. The Morgan fingerprint density at radius 1 is 1.13 bits per heavy atom. The van der Waals surface area contributed by atoms with E-state index in [0.717, 1.165) is 21.7 Å². The van der Waals surface area contributed by atoms with Gasteiger partial charge < -0.3 is 10.6 Å². The fourth-order valence-corrected chi connectivity index (χ4v) is 2.61. The largest absolute Gasteiger partial charge is 0.368 e. The number of amides is 2. The lowest BCUT2D eigenvalue weighted by Crippen LogP contribution is -2.32. The Morgan fingerprint density at radius 3 is 2.83 bits per heavy atom. The van der Waals surface area contributed by atoms with Crippen LogP contribution in [0.2, 0.25) is 0 Å². The minimum Gasteiger partial charge on any atom is -0.368 e. The molecule has 2 amide bonds. The van der Waals surface area contributed by atoms with Crippen molar-refractivity contribution in [1.82, 2.24) is 20.5 Å². The minimum absolute atomic E-state index is 0.297. The van der Waals surface area contributed by atoms with E-state index >= 15 is 0 Å². The predicted octanol–water partition coefficient (Wildman–Crippen LogP) is 2.63. The maximum absolute atomic E-state index is 11.7. The molecule has 0 radical (unpaired) electrons. The molecule has 2 heterocycles. The number of urea groups is 1. The van der Waals surface area contributed by atoms with E-state index in [1.54, 1.807) is 0 Å². The molecule has 23 heavy (non-hydrogen) atoms. The molecule has 3 aromatic rings. The van der Waals surface area contributed by atoms with Crippen molar-refractivity contribution in [3.63, 3.8) is 0 Å². The SMILES string of the molecule is Cc1nnc(NC(=O)NCCNc2ccc3ccccc3n2)s1. The van der Waals surface area contributed by atoms with Crippen molar-refractivity contribution >= 4 is 39.2 Å². The van der Waals surface area contributed by atoms with E-state index in [0.29, 0.717) is 18.2 Å². The third kappa shape index (κ3) is 4.13. The van der Waals surface area contributed by atoms with Crippen LogP contribution in [0.3, 0.4) is 0 Å². The molecular weight excluding hydrogens is 312 g/mol. The summed E-state index contributed by atoms with van der Waals surface area (Å²) in [5, 5.41) is 18.6. The monoisotopic (exact) mass is 328 g/mol. The van der Waals surface area contributed by atoms with Crippen molar-refractivity contribution in [1.29, 1.82) is 0 Å². The number of hydrogen-bond acceptors (Lipinski definition) is 6. The topological polar surface area (TPSA) is 91.8 Å². The Hall–Kier alpha value is -2.74. The number of aromatic nitrogens is 3. The molecule has 0 spiro atoms. The molecule has 0 fully saturated rings. The molecule has 0 unspecified atom stereocenters. The molecule has 7 nitrogen and oxygen atoms in total. The lowest BCUT2D eigenvalue weighted by atomic mass is 10.2. The normalized spacial score (nSPS) is 10.5. The smallest absolute Gasteiger partial charge is 0.321 e. The molecule has 3 rings (SSSR count). The van der Waals surface area contributed by atoms with Crippen LogP contribution in [0.15, 0.2) is 36.4 Å². The van der Waals surface area contributed by atoms with Crippen molar-refractivity contribution < 1.29 is 4.79 Å². The zero-order valence-corrected chi connectivity index (χ0v) is 13.4. The molecule has 1 aromatic carbocycles. The minimum atomic E-state index is -0.297. The average molecular weight is 328 g/mol. The summed E-state index contributed by atoms with van der Waals surface area (Å²) >= 11 is 1.33. The first-order valence-corrected chi connectivity index (χ1v) is 7.97. The van der Waals surface area contributed by atoms with Crippen molar-refractivity contribution in [3.05, 3.63) is 41.4 Å². The van der Waals surface area contributed by atoms with Gasteiger partial charge in [-0.25, -0.2) is 9.78 Å². The summed E-state index contributed by atoms with van der Waals surface area (Å²) in [4.78, 5) is 16.2. The lowest BCUT2D eigenvalue weighted by molar-refractivity contribution is 0.252. The molecule has 0 saturated carbocycles. The number of benzene rings is 1. The third-order valence-corrected chi connectivity index (χ3v) is 3.82. The van der Waals surface area contributed by atoms with E-state index in [1.807, 2.05) is 43.3 Å². The van der Waals surface area contributed by atoms with E-state index in [4.69, 9.17) is 0 Å². The highest BCUT2D eigenvalue weighted by Crippen LogP contribution is 2.14. The number of carbonyl (C=O) groups excluding carboxylic acids is 1. The number of carbonyl (C=O) groups is 1. The Kier molecular flexibility index (Phi) is 4.62. The summed E-state index contributed by atoms with van der Waals surface area (Å²) in [6, 6.07) is 11.6. The molecular formula is C15H16N6OS. The number of pyridine rings is 1. The molecule has 0 bridgehead atoms. The third-order valence-electron chi connectivity index (χ3n) is 3.06. The number of nitrogens with zero attached hydrogens (tertiary/aromatic N) is 3. The number of nitrogens with one attached hydrogen (secondary N) is 3. The standard InChI is InChI=1S/C15H16N6OS/c1-10-20-21-15(23-10)19-14(22)17-9-8-16-13-7-6-11-4-2-3-5-12(11)18-13/h2-7H,8-9H2,1H3,(H,16,18)(H2,17,19,21,22). The van der Waals surface area contributed by atoms with Gasteiger partial charge in [0.2, 0.25) is 5.13 Å². The summed E-state index contributed by atoms with van der Waals surface area (Å²) in [6.45, 7) is 2.88. The molecule has 0 aliphatic rings. The second kappa shape index (κ2) is 7.01. The Morgan fingerprint density at radius 2 is 2.00 bits per heavy atom. The molecule has 0 saturated heterocycles. The van der Waals surface area contributed by atoms with Crippen LogP contribution in [-0.4, -0.2) is 34.3 Å². The average Bonchev–Trinajstić information content (AvgIpc) is 2.96. The molecule has 8 heteroatoms. The van der Waals surface area contributed by atoms with Gasteiger partial charge in [-0.2, -0.15) is 0 Å². The summed E-state index contributed by atoms with van der Waals surface area (Å²) in [5.41, 5.74) is 0.940. The van der Waals surface area contributed by atoms with Crippen molar-refractivity contribution in [2.45, 2.75) is 6.92 Å². The predicted molar refractivity (Wildman–Crippen MR) is 91.9 cm³/mol. The van der Waals surface area contributed by atoms with Crippen molar-refractivity contribution in [2.75, 3.05) is 23.7 Å². The van der Waals surface area contributed by atoms with Crippen LogP contribution in [0, 0.1) is 6.92 Å². The number of aryl methyl sites for hydroxylation is 1. The van der Waals surface area contributed by atoms with Gasteiger partial charge in [0.15, 0.2) is 0 Å². The molecule has 2 aromatic heterocycles. The van der Waals surface area contributed by atoms with Crippen molar-refractivity contribution in [2.24, 2.45) is 0 Å². The lowest BCUT2D eigenvalue weighted by Gasteiger charge is -2.08. The highest BCUT2D eigenvalue weighted by atomic mass is 32.1. The van der Waals surface area contributed by atoms with Gasteiger partial charge >= 0.3 is 6.03 Å². The van der Waals surface area contributed by atoms with Crippen LogP contribution in [0.1, 0.15) is 5.01 Å². The number of fused-ring (bicyclic) bond motifs is 1. The van der Waals surface area contributed by atoms with E-state index in [9.17, 15) is 4.79 Å². The first-order chi connectivity index (χ1) is 11.2. The number of para-hydroxylation sites is 1. The van der Waals surface area contributed by atoms with E-state index in [2.05, 4.69) is 31.1 Å². The van der Waals surface area contributed by atoms with Crippen LogP contribution in [0.25, 0.3) is 10.9 Å². The molecule has 0 aliphatic heterocycles. The van der Waals surface area contributed by atoms with Gasteiger partial charge in [0.25, 0.3) is 0 Å². The number of hydrogen-bond donors (Lipinski definition) is 3. The van der Waals surface area contributed by atoms with Gasteiger partial charge in [0, 0.05) is 18.5 Å². The molecule has 0 aliphatic carbocycles. The summed E-state index contributed by atoms with van der Waals surface area (Å²) < 4.78 is 0. The van der Waals surface area contributed by atoms with E-state index < -0.39 is 0 Å². The highest BCUT2D eigenvalue weighted by Gasteiger charge is 2.05. The highest BCUT2D eigenvalue weighted by molar-refractivity contribution is 7.15. The molecule has 118 valence electrons. The molecule has 3 N–H and O–H groups in total. The van der Waals surface area contributed by atoms with Gasteiger partial charge in [0.05, 0.1) is 5.52 Å². The zero-order valence-electron chi connectivity index (χ0n) is 12.5. The summed E-state index contributed by atoms with van der Waals surface area (Å²) in [7, 11) is 0. The van der Waals surface area contributed by atoms with Crippen LogP contribution >= 0.6 is 11.3 Å². The van der Waals surface area contributed by atoms with Gasteiger partial charge in [-0.05, 0) is 25.1 Å². The fraction of sp³-hybridized carbons (Fsp3) is 0.200. The van der Waals surface area contributed by atoms with Crippen LogP contribution < -0.4 is 16.0 Å². The Labute approximate surface area is 137 Å². The van der Waals surface area contributed by atoms with Crippen molar-refractivity contribution in [3.8, 4) is 0 Å². The first kappa shape index (κ1) is 15.2. The van der Waals surface area contributed by atoms with E-state index in [1.165, 1.54) is 11.3 Å². The quantitative estimate of drug-likeness (QED) is 0.626.